The molecule has 1 aromatic carbocycles. The summed E-state index contributed by atoms with van der Waals surface area (Å²) in [6.45, 7) is 4.85. The molecule has 0 aromatic heterocycles. The van der Waals surface area contributed by atoms with Crippen LogP contribution >= 0.6 is 0 Å². The molecular formula is C16H24N2O5. The molecule has 0 spiro atoms. The highest BCUT2D eigenvalue weighted by atomic mass is 16.5. The Kier molecular flexibility index (Phi) is 6.84. The van der Waals surface area contributed by atoms with Crippen molar-refractivity contribution in [2.75, 3.05) is 13.2 Å². The van der Waals surface area contributed by atoms with Crippen LogP contribution in [0.25, 0.3) is 0 Å². The van der Waals surface area contributed by atoms with Crippen molar-refractivity contribution in [3.63, 3.8) is 0 Å². The first kappa shape index (κ1) is 18.8. The van der Waals surface area contributed by atoms with Crippen LogP contribution in [0.3, 0.4) is 0 Å². The second-order valence-corrected chi connectivity index (χ2v) is 6.10. The van der Waals surface area contributed by atoms with Crippen LogP contribution in [0.1, 0.15) is 26.3 Å². The summed E-state index contributed by atoms with van der Waals surface area (Å²) in [6.07, 6.45) is -1.82. The molecule has 0 saturated heterocycles. The van der Waals surface area contributed by atoms with Crippen molar-refractivity contribution in [3.05, 3.63) is 35.9 Å². The predicted molar refractivity (Wildman–Crippen MR) is 85.1 cm³/mol. The van der Waals surface area contributed by atoms with Gasteiger partial charge in [-0.3, -0.25) is 4.90 Å². The van der Waals surface area contributed by atoms with Crippen molar-refractivity contribution < 1.29 is 24.5 Å². The Morgan fingerprint density at radius 2 is 1.87 bits per heavy atom. The largest absolute Gasteiger partial charge is 0.465 e. The van der Waals surface area contributed by atoms with E-state index in [0.717, 1.165) is 10.5 Å². The molecule has 2 amide bonds. The maximum absolute atomic E-state index is 11.7. The van der Waals surface area contributed by atoms with Gasteiger partial charge < -0.3 is 20.3 Å². The second-order valence-electron chi connectivity index (χ2n) is 6.10. The standard InChI is InChI=1S/C16H24N2O5/c1-16(2,3)18(15(21)22)13(10-19)9-17-14(20)23-11-12-7-5-4-6-8-12/h4-8,13,19H,9-11H2,1-3H3,(H,17,20)(H,21,22)/t13-/m0/s1. The Bertz CT molecular complexity index is 513. The van der Waals surface area contributed by atoms with E-state index in [1.807, 2.05) is 30.3 Å². The number of alkyl carbamates (subject to hydrolysis) is 1. The van der Waals surface area contributed by atoms with Crippen LogP contribution in [0.2, 0.25) is 0 Å². The van der Waals surface area contributed by atoms with E-state index in [2.05, 4.69) is 5.32 Å². The van der Waals surface area contributed by atoms with Gasteiger partial charge in [-0.05, 0) is 26.3 Å². The smallest absolute Gasteiger partial charge is 0.408 e. The number of carboxylic acid groups (broad SMARTS) is 1. The first-order valence-corrected chi connectivity index (χ1v) is 7.33. The van der Waals surface area contributed by atoms with Gasteiger partial charge in [-0.25, -0.2) is 9.59 Å². The number of hydrogen-bond donors (Lipinski definition) is 3. The molecule has 0 aliphatic carbocycles. The van der Waals surface area contributed by atoms with Gasteiger partial charge in [0.1, 0.15) is 6.61 Å². The normalized spacial score (nSPS) is 12.3. The number of amides is 2. The van der Waals surface area contributed by atoms with Gasteiger partial charge in [0.05, 0.1) is 12.6 Å². The first-order chi connectivity index (χ1) is 10.8. The molecule has 0 aliphatic rings. The minimum Gasteiger partial charge on any atom is -0.465 e. The highest BCUT2D eigenvalue weighted by Gasteiger charge is 2.33. The van der Waals surface area contributed by atoms with E-state index in [-0.39, 0.29) is 13.2 Å². The lowest BCUT2D eigenvalue weighted by Crippen LogP contribution is -2.56. The summed E-state index contributed by atoms with van der Waals surface area (Å²) in [4.78, 5) is 24.2. The van der Waals surface area contributed by atoms with E-state index < -0.39 is 30.4 Å². The molecule has 7 heteroatoms. The van der Waals surface area contributed by atoms with E-state index in [1.54, 1.807) is 20.8 Å². The van der Waals surface area contributed by atoms with Gasteiger partial charge in [0, 0.05) is 12.1 Å². The van der Waals surface area contributed by atoms with Gasteiger partial charge in [-0.1, -0.05) is 30.3 Å². The highest BCUT2D eigenvalue weighted by Crippen LogP contribution is 2.17. The molecule has 1 atom stereocenters. The molecule has 0 saturated carbocycles. The van der Waals surface area contributed by atoms with E-state index in [0.29, 0.717) is 0 Å². The average Bonchev–Trinajstić information content (AvgIpc) is 2.48. The van der Waals surface area contributed by atoms with E-state index in [4.69, 9.17) is 4.74 Å². The lowest BCUT2D eigenvalue weighted by molar-refractivity contribution is 0.0451. The van der Waals surface area contributed by atoms with Crippen molar-refractivity contribution in [2.24, 2.45) is 0 Å². The summed E-state index contributed by atoms with van der Waals surface area (Å²) in [6, 6.07) is 8.45. The van der Waals surface area contributed by atoms with E-state index in [9.17, 15) is 19.8 Å². The molecule has 3 N–H and O–H groups in total. The summed E-state index contributed by atoms with van der Waals surface area (Å²) in [5.41, 5.74) is 0.151. The Morgan fingerprint density at radius 3 is 2.35 bits per heavy atom. The third-order valence-corrected chi connectivity index (χ3v) is 3.20. The zero-order valence-corrected chi connectivity index (χ0v) is 13.7. The van der Waals surface area contributed by atoms with Crippen LogP contribution in [-0.2, 0) is 11.3 Å². The lowest BCUT2D eigenvalue weighted by Gasteiger charge is -2.38. The number of hydrogen-bond acceptors (Lipinski definition) is 4. The molecule has 0 unspecified atom stereocenters. The molecule has 0 aliphatic heterocycles. The number of nitrogens with one attached hydrogen (secondary N) is 1. The molecule has 0 heterocycles. The Balaban J connectivity index is 2.53. The zero-order chi connectivity index (χ0) is 17.5. The number of rotatable bonds is 6. The summed E-state index contributed by atoms with van der Waals surface area (Å²) in [5.74, 6) is 0. The monoisotopic (exact) mass is 324 g/mol. The van der Waals surface area contributed by atoms with Gasteiger partial charge in [0.15, 0.2) is 0 Å². The van der Waals surface area contributed by atoms with Crippen molar-refractivity contribution in [1.82, 2.24) is 10.2 Å². The number of benzene rings is 1. The van der Waals surface area contributed by atoms with Crippen LogP contribution in [0.5, 0.6) is 0 Å². The number of aliphatic hydroxyl groups excluding tert-OH is 1. The Labute approximate surface area is 135 Å². The van der Waals surface area contributed by atoms with Gasteiger partial charge >= 0.3 is 12.2 Å². The molecule has 1 rings (SSSR count). The SMILES string of the molecule is CC(C)(C)N(C(=O)O)[C@H](CO)CNC(=O)OCc1ccccc1. The molecule has 23 heavy (non-hydrogen) atoms. The number of carbonyl (C=O) groups is 2. The Hall–Kier alpha value is -2.28. The molecular weight excluding hydrogens is 300 g/mol. The maximum Gasteiger partial charge on any atom is 0.408 e. The molecule has 0 radical (unpaired) electrons. The van der Waals surface area contributed by atoms with Crippen molar-refractivity contribution >= 4 is 12.2 Å². The lowest BCUT2D eigenvalue weighted by atomic mass is 10.0. The van der Waals surface area contributed by atoms with Crippen molar-refractivity contribution in [2.45, 2.75) is 39.0 Å². The molecule has 0 fully saturated rings. The highest BCUT2D eigenvalue weighted by molar-refractivity contribution is 5.68. The number of nitrogens with zero attached hydrogens (tertiary/aromatic N) is 1. The number of carbonyl (C=O) groups excluding carboxylic acids is 1. The molecule has 1 aromatic rings. The fourth-order valence-corrected chi connectivity index (χ4v) is 2.20. The quantitative estimate of drug-likeness (QED) is 0.744. The van der Waals surface area contributed by atoms with Crippen LogP contribution in [-0.4, -0.2) is 52.0 Å². The van der Waals surface area contributed by atoms with Gasteiger partial charge in [0.2, 0.25) is 0 Å². The van der Waals surface area contributed by atoms with Gasteiger partial charge in [-0.15, -0.1) is 0 Å². The minimum absolute atomic E-state index is 0.0340. The van der Waals surface area contributed by atoms with E-state index in [1.165, 1.54) is 0 Å². The van der Waals surface area contributed by atoms with Crippen LogP contribution in [0.4, 0.5) is 9.59 Å². The third-order valence-electron chi connectivity index (χ3n) is 3.20. The van der Waals surface area contributed by atoms with Crippen molar-refractivity contribution in [1.29, 1.82) is 0 Å². The topological polar surface area (TPSA) is 99.1 Å². The number of aliphatic hydroxyl groups is 1. The maximum atomic E-state index is 11.7. The molecule has 128 valence electrons. The van der Waals surface area contributed by atoms with Gasteiger partial charge in [-0.2, -0.15) is 0 Å². The summed E-state index contributed by atoms with van der Waals surface area (Å²) >= 11 is 0. The fourth-order valence-electron chi connectivity index (χ4n) is 2.20. The van der Waals surface area contributed by atoms with Crippen LogP contribution in [0, 0.1) is 0 Å². The zero-order valence-electron chi connectivity index (χ0n) is 13.7. The van der Waals surface area contributed by atoms with Crippen LogP contribution < -0.4 is 5.32 Å². The van der Waals surface area contributed by atoms with Gasteiger partial charge in [0.25, 0.3) is 0 Å². The number of ether oxygens (including phenoxy) is 1. The Morgan fingerprint density at radius 1 is 1.26 bits per heavy atom. The average molecular weight is 324 g/mol. The molecule has 7 nitrogen and oxygen atoms in total. The summed E-state index contributed by atoms with van der Waals surface area (Å²) in [7, 11) is 0. The second kappa shape index (κ2) is 8.38. The fraction of sp³-hybridized carbons (Fsp3) is 0.500. The first-order valence-electron chi connectivity index (χ1n) is 7.33. The summed E-state index contributed by atoms with van der Waals surface area (Å²) in [5, 5.41) is 21.2. The third kappa shape index (κ3) is 6.15. The minimum atomic E-state index is -1.16. The van der Waals surface area contributed by atoms with E-state index >= 15 is 0 Å². The predicted octanol–water partition coefficient (Wildman–Crippen LogP) is 2.05. The van der Waals surface area contributed by atoms with Crippen LogP contribution in [0.15, 0.2) is 30.3 Å². The molecule has 0 bridgehead atoms. The van der Waals surface area contributed by atoms with Crippen molar-refractivity contribution in [3.8, 4) is 0 Å². The summed E-state index contributed by atoms with van der Waals surface area (Å²) < 4.78 is 5.05.